The van der Waals surface area contributed by atoms with Crippen molar-refractivity contribution in [2.75, 3.05) is 0 Å². The number of rotatable bonds is 6. The van der Waals surface area contributed by atoms with Crippen LogP contribution in [-0.4, -0.2) is 22.2 Å². The average Bonchev–Trinajstić information content (AvgIpc) is 2.27. The Morgan fingerprint density at radius 1 is 1.44 bits per heavy atom. The van der Waals surface area contributed by atoms with Crippen LogP contribution < -0.4 is 0 Å². The maximum atomic E-state index is 11.0. The molecule has 1 aromatic rings. The van der Waals surface area contributed by atoms with E-state index in [-0.39, 0.29) is 6.10 Å². The number of carboxylic acids is 1. The van der Waals surface area contributed by atoms with E-state index in [0.29, 0.717) is 13.0 Å². The Bertz CT molecular complexity index is 396. The van der Waals surface area contributed by atoms with Gasteiger partial charge in [0.2, 0.25) is 0 Å². The van der Waals surface area contributed by atoms with Gasteiger partial charge >= 0.3 is 5.97 Å². The summed E-state index contributed by atoms with van der Waals surface area (Å²) in [5.74, 6) is -0.797. The molecule has 0 spiro atoms. The number of hydrogen-bond donors (Lipinski definition) is 1. The van der Waals surface area contributed by atoms with Crippen molar-refractivity contribution in [2.24, 2.45) is 5.41 Å². The standard InChI is InChI=1S/C14H21NO3/c1-10(2)18-9-12-6-5-11(8-15-12)7-14(3,4)13(16)17/h5-6,8,10H,7,9H2,1-4H3,(H,16,17). The lowest BCUT2D eigenvalue weighted by molar-refractivity contribution is -0.146. The van der Waals surface area contributed by atoms with E-state index in [1.165, 1.54) is 0 Å². The number of aliphatic carboxylic acids is 1. The number of nitrogens with zero attached hydrogens (tertiary/aromatic N) is 1. The van der Waals surface area contributed by atoms with Crippen LogP contribution in [-0.2, 0) is 22.6 Å². The van der Waals surface area contributed by atoms with Crippen LogP contribution in [0.1, 0.15) is 39.0 Å². The first-order chi connectivity index (χ1) is 8.31. The SMILES string of the molecule is CC(C)OCc1ccc(CC(C)(C)C(=O)O)cn1. The summed E-state index contributed by atoms with van der Waals surface area (Å²) in [6.07, 6.45) is 2.38. The Kier molecular flexibility index (Phi) is 4.84. The smallest absolute Gasteiger partial charge is 0.309 e. The highest BCUT2D eigenvalue weighted by Crippen LogP contribution is 2.21. The van der Waals surface area contributed by atoms with Gasteiger partial charge in [0.15, 0.2) is 0 Å². The lowest BCUT2D eigenvalue weighted by Crippen LogP contribution is -2.26. The van der Waals surface area contributed by atoms with E-state index in [9.17, 15) is 4.79 Å². The normalized spacial score (nSPS) is 11.8. The Hall–Kier alpha value is -1.42. The minimum Gasteiger partial charge on any atom is -0.481 e. The first-order valence-corrected chi connectivity index (χ1v) is 6.10. The molecule has 18 heavy (non-hydrogen) atoms. The highest BCUT2D eigenvalue weighted by Gasteiger charge is 2.27. The Labute approximate surface area is 108 Å². The third-order valence-electron chi connectivity index (χ3n) is 2.68. The first-order valence-electron chi connectivity index (χ1n) is 6.10. The molecule has 1 aromatic heterocycles. The second kappa shape index (κ2) is 5.96. The maximum absolute atomic E-state index is 11.0. The zero-order valence-electron chi connectivity index (χ0n) is 11.4. The van der Waals surface area contributed by atoms with Gasteiger partial charge in [0, 0.05) is 6.20 Å². The zero-order valence-corrected chi connectivity index (χ0v) is 11.4. The summed E-state index contributed by atoms with van der Waals surface area (Å²) < 4.78 is 5.45. The third-order valence-corrected chi connectivity index (χ3v) is 2.68. The van der Waals surface area contributed by atoms with Gasteiger partial charge in [-0.1, -0.05) is 6.07 Å². The minimum absolute atomic E-state index is 0.178. The van der Waals surface area contributed by atoms with Gasteiger partial charge in [-0.2, -0.15) is 0 Å². The van der Waals surface area contributed by atoms with Crippen LogP contribution in [0, 0.1) is 5.41 Å². The maximum Gasteiger partial charge on any atom is 0.309 e. The molecule has 0 unspecified atom stereocenters. The number of ether oxygens (including phenoxy) is 1. The van der Waals surface area contributed by atoms with Gasteiger partial charge in [-0.3, -0.25) is 9.78 Å². The van der Waals surface area contributed by atoms with Crippen LogP contribution >= 0.6 is 0 Å². The van der Waals surface area contributed by atoms with Gasteiger partial charge in [-0.15, -0.1) is 0 Å². The van der Waals surface area contributed by atoms with Crippen molar-refractivity contribution in [3.05, 3.63) is 29.6 Å². The molecule has 1 rings (SSSR count). The molecule has 0 radical (unpaired) electrons. The molecule has 4 heteroatoms. The molecule has 0 bridgehead atoms. The molecule has 0 saturated heterocycles. The molecule has 0 aromatic carbocycles. The monoisotopic (exact) mass is 251 g/mol. The number of aromatic nitrogens is 1. The highest BCUT2D eigenvalue weighted by molar-refractivity contribution is 5.74. The van der Waals surface area contributed by atoms with Crippen LogP contribution in [0.4, 0.5) is 0 Å². The average molecular weight is 251 g/mol. The topological polar surface area (TPSA) is 59.4 Å². The summed E-state index contributed by atoms with van der Waals surface area (Å²) in [6.45, 7) is 7.87. The second-order valence-electron chi connectivity index (χ2n) is 5.38. The fourth-order valence-electron chi connectivity index (χ4n) is 1.48. The molecule has 0 atom stereocenters. The number of carbonyl (C=O) groups is 1. The minimum atomic E-state index is -0.797. The molecule has 4 nitrogen and oxygen atoms in total. The third kappa shape index (κ3) is 4.45. The Morgan fingerprint density at radius 3 is 2.56 bits per heavy atom. The summed E-state index contributed by atoms with van der Waals surface area (Å²) in [4.78, 5) is 15.3. The van der Waals surface area contributed by atoms with Crippen LogP contribution in [0.2, 0.25) is 0 Å². The van der Waals surface area contributed by atoms with Crippen molar-refractivity contribution in [1.82, 2.24) is 4.98 Å². The van der Waals surface area contributed by atoms with Gasteiger partial charge in [-0.05, 0) is 45.7 Å². The van der Waals surface area contributed by atoms with Crippen LogP contribution in [0.15, 0.2) is 18.3 Å². The number of carboxylic acid groups (broad SMARTS) is 1. The molecule has 0 amide bonds. The van der Waals surface area contributed by atoms with Crippen LogP contribution in [0.25, 0.3) is 0 Å². The van der Waals surface area contributed by atoms with Gasteiger partial charge < -0.3 is 9.84 Å². The zero-order chi connectivity index (χ0) is 13.8. The van der Waals surface area contributed by atoms with Gasteiger partial charge in [0.05, 0.1) is 23.8 Å². The Balaban J connectivity index is 2.63. The molecule has 0 saturated carbocycles. The highest BCUT2D eigenvalue weighted by atomic mass is 16.5. The summed E-state index contributed by atoms with van der Waals surface area (Å²) in [5.41, 5.74) is 1.02. The van der Waals surface area contributed by atoms with Crippen molar-refractivity contribution >= 4 is 5.97 Å². The second-order valence-corrected chi connectivity index (χ2v) is 5.38. The summed E-state index contributed by atoms with van der Waals surface area (Å²) >= 11 is 0. The molecule has 100 valence electrons. The van der Waals surface area contributed by atoms with E-state index < -0.39 is 11.4 Å². The van der Waals surface area contributed by atoms with Crippen molar-refractivity contribution in [3.63, 3.8) is 0 Å². The van der Waals surface area contributed by atoms with Crippen LogP contribution in [0.3, 0.4) is 0 Å². The largest absolute Gasteiger partial charge is 0.481 e. The van der Waals surface area contributed by atoms with E-state index in [4.69, 9.17) is 9.84 Å². The molecular formula is C14H21NO3. The summed E-state index contributed by atoms with van der Waals surface area (Å²) in [7, 11) is 0. The lowest BCUT2D eigenvalue weighted by Gasteiger charge is -2.18. The van der Waals surface area contributed by atoms with E-state index in [0.717, 1.165) is 11.3 Å². The summed E-state index contributed by atoms with van der Waals surface area (Å²) in [5, 5.41) is 9.06. The summed E-state index contributed by atoms with van der Waals surface area (Å²) in [6, 6.07) is 3.80. The van der Waals surface area contributed by atoms with Crippen molar-refractivity contribution in [1.29, 1.82) is 0 Å². The predicted molar refractivity (Wildman–Crippen MR) is 69.3 cm³/mol. The van der Waals surface area contributed by atoms with Crippen molar-refractivity contribution in [3.8, 4) is 0 Å². The predicted octanol–water partition coefficient (Wildman–Crippen LogP) is 2.66. The van der Waals surface area contributed by atoms with E-state index in [2.05, 4.69) is 4.98 Å². The van der Waals surface area contributed by atoms with E-state index in [1.54, 1.807) is 20.0 Å². The van der Waals surface area contributed by atoms with Crippen molar-refractivity contribution in [2.45, 2.75) is 46.8 Å². The quantitative estimate of drug-likeness (QED) is 0.844. The molecule has 0 aliphatic carbocycles. The van der Waals surface area contributed by atoms with Gasteiger partial charge in [0.1, 0.15) is 0 Å². The molecular weight excluding hydrogens is 230 g/mol. The number of pyridine rings is 1. The molecule has 0 aliphatic heterocycles. The van der Waals surface area contributed by atoms with E-state index in [1.807, 2.05) is 26.0 Å². The fourth-order valence-corrected chi connectivity index (χ4v) is 1.48. The molecule has 0 aliphatic rings. The molecule has 1 heterocycles. The van der Waals surface area contributed by atoms with Gasteiger partial charge in [-0.25, -0.2) is 0 Å². The molecule has 1 N–H and O–H groups in total. The van der Waals surface area contributed by atoms with E-state index >= 15 is 0 Å². The molecule has 0 fully saturated rings. The van der Waals surface area contributed by atoms with Crippen LogP contribution in [0.5, 0.6) is 0 Å². The lowest BCUT2D eigenvalue weighted by atomic mass is 9.86. The first kappa shape index (κ1) is 14.6. The Morgan fingerprint density at radius 2 is 2.11 bits per heavy atom. The van der Waals surface area contributed by atoms with Gasteiger partial charge in [0.25, 0.3) is 0 Å². The fraction of sp³-hybridized carbons (Fsp3) is 0.571. The van der Waals surface area contributed by atoms with Crippen molar-refractivity contribution < 1.29 is 14.6 Å². The number of hydrogen-bond acceptors (Lipinski definition) is 3.